The summed E-state index contributed by atoms with van der Waals surface area (Å²) >= 11 is 0. The first-order valence-corrected chi connectivity index (χ1v) is 9.80. The lowest BCUT2D eigenvalue weighted by molar-refractivity contribution is -0.136. The molecule has 0 saturated carbocycles. The van der Waals surface area contributed by atoms with Crippen LogP contribution in [0.3, 0.4) is 0 Å². The Balaban J connectivity index is 1.70. The molecule has 30 heavy (non-hydrogen) atoms. The maximum Gasteiger partial charge on any atom is 0.264 e. The number of Topliss-reactive ketones (excluding diaryl/α,β-unsaturated/α-hetero) is 1. The third kappa shape index (κ3) is 3.27. The van der Waals surface area contributed by atoms with Crippen molar-refractivity contribution in [1.82, 2.24) is 0 Å². The highest BCUT2D eigenvalue weighted by atomic mass is 16.5. The number of fused-ring (bicyclic) bond motifs is 1. The van der Waals surface area contributed by atoms with Crippen LogP contribution in [0.2, 0.25) is 0 Å². The quantitative estimate of drug-likeness (QED) is 0.634. The molecule has 1 amide bonds. The van der Waals surface area contributed by atoms with Gasteiger partial charge >= 0.3 is 0 Å². The maximum atomic E-state index is 13.4. The van der Waals surface area contributed by atoms with E-state index in [1.165, 1.54) is 7.11 Å². The molecule has 0 saturated heterocycles. The Kier molecular flexibility index (Phi) is 5.14. The monoisotopic (exact) mass is 401 g/mol. The summed E-state index contributed by atoms with van der Waals surface area (Å²) in [6.45, 7) is 2.31. The van der Waals surface area contributed by atoms with Crippen molar-refractivity contribution in [3.8, 4) is 5.75 Å². The molecule has 5 heteroatoms. The molecule has 0 spiro atoms. The van der Waals surface area contributed by atoms with E-state index in [9.17, 15) is 14.7 Å². The molecule has 0 unspecified atom stereocenters. The van der Waals surface area contributed by atoms with Gasteiger partial charge in [-0.15, -0.1) is 0 Å². The summed E-state index contributed by atoms with van der Waals surface area (Å²) in [5, 5.41) is 11.5. The second-order valence-electron chi connectivity index (χ2n) is 7.50. The fraction of sp³-hybridized carbons (Fsp3) is 0.200. The van der Waals surface area contributed by atoms with Crippen molar-refractivity contribution in [1.29, 1.82) is 0 Å². The zero-order valence-corrected chi connectivity index (χ0v) is 17.0. The van der Waals surface area contributed by atoms with Crippen molar-refractivity contribution in [3.63, 3.8) is 0 Å². The van der Waals surface area contributed by atoms with Crippen LogP contribution in [0.25, 0.3) is 0 Å². The van der Waals surface area contributed by atoms with E-state index < -0.39 is 11.5 Å². The Morgan fingerprint density at radius 3 is 2.43 bits per heavy atom. The van der Waals surface area contributed by atoms with Gasteiger partial charge in [0.15, 0.2) is 11.4 Å². The van der Waals surface area contributed by atoms with Gasteiger partial charge in [-0.3, -0.25) is 9.59 Å². The molecule has 1 atom stereocenters. The van der Waals surface area contributed by atoms with Gasteiger partial charge in [0, 0.05) is 5.56 Å². The van der Waals surface area contributed by atoms with E-state index in [0.29, 0.717) is 29.1 Å². The minimum Gasteiger partial charge on any atom is -0.496 e. The number of anilines is 1. The van der Waals surface area contributed by atoms with Gasteiger partial charge in [0.05, 0.1) is 31.3 Å². The number of carbonyl (C=O) groups excluding carboxylic acids is 2. The molecule has 0 radical (unpaired) electrons. The standard InChI is InChI=1S/C25H23NO4/c1-17-9-3-4-10-18(17)16-26-21-13-7-6-12-20(21)25(29,24(26)28)15-22(27)19-11-5-8-14-23(19)30-2/h3-14,29H,15-16H2,1-2H3/t25-/m1/s1. The first-order valence-electron chi connectivity index (χ1n) is 9.80. The molecule has 0 bridgehead atoms. The number of nitrogens with zero attached hydrogens (tertiary/aromatic N) is 1. The van der Waals surface area contributed by atoms with Gasteiger partial charge in [0.2, 0.25) is 0 Å². The predicted octanol–water partition coefficient (Wildman–Crippen LogP) is 4.01. The molecule has 5 nitrogen and oxygen atoms in total. The largest absolute Gasteiger partial charge is 0.496 e. The second-order valence-corrected chi connectivity index (χ2v) is 7.50. The molecule has 3 aromatic carbocycles. The van der Waals surface area contributed by atoms with Crippen LogP contribution in [0.1, 0.15) is 33.5 Å². The van der Waals surface area contributed by atoms with Crippen LogP contribution in [-0.2, 0) is 16.9 Å². The number of hydrogen-bond acceptors (Lipinski definition) is 4. The molecule has 0 aromatic heterocycles. The highest BCUT2D eigenvalue weighted by Crippen LogP contribution is 2.44. The summed E-state index contributed by atoms with van der Waals surface area (Å²) in [4.78, 5) is 28.0. The van der Waals surface area contributed by atoms with Gasteiger partial charge in [-0.25, -0.2) is 0 Å². The number of benzene rings is 3. The number of aliphatic hydroxyl groups is 1. The molecular weight excluding hydrogens is 378 g/mol. The SMILES string of the molecule is COc1ccccc1C(=O)C[C@]1(O)C(=O)N(Cc2ccccc2C)c2ccccc21. The summed E-state index contributed by atoms with van der Waals surface area (Å²) < 4.78 is 5.28. The topological polar surface area (TPSA) is 66.8 Å². The molecule has 1 aliphatic heterocycles. The molecule has 1 aliphatic rings. The molecule has 1 heterocycles. The molecule has 152 valence electrons. The number of amides is 1. The number of para-hydroxylation sites is 2. The van der Waals surface area contributed by atoms with Crippen molar-refractivity contribution in [2.75, 3.05) is 12.0 Å². The fourth-order valence-corrected chi connectivity index (χ4v) is 3.99. The van der Waals surface area contributed by atoms with E-state index in [0.717, 1.165) is 11.1 Å². The summed E-state index contributed by atoms with van der Waals surface area (Å²) in [6.07, 6.45) is -0.354. The minimum atomic E-state index is -1.92. The maximum absolute atomic E-state index is 13.4. The lowest BCUT2D eigenvalue weighted by atomic mass is 9.88. The van der Waals surface area contributed by atoms with Gasteiger partial charge in [0.1, 0.15) is 5.75 Å². The third-order valence-electron chi connectivity index (χ3n) is 5.65. The first kappa shape index (κ1) is 19.9. The fourth-order valence-electron chi connectivity index (χ4n) is 3.99. The highest BCUT2D eigenvalue weighted by molar-refractivity contribution is 6.11. The van der Waals surface area contributed by atoms with Crippen molar-refractivity contribution < 1.29 is 19.4 Å². The Morgan fingerprint density at radius 2 is 1.67 bits per heavy atom. The molecule has 0 fully saturated rings. The van der Waals surface area contributed by atoms with E-state index >= 15 is 0 Å². The lowest BCUT2D eigenvalue weighted by Gasteiger charge is -2.23. The summed E-state index contributed by atoms with van der Waals surface area (Å²) in [7, 11) is 1.49. The normalized spacial score (nSPS) is 17.7. The second kappa shape index (κ2) is 7.76. The first-order chi connectivity index (χ1) is 14.5. The van der Waals surface area contributed by atoms with Gasteiger partial charge in [-0.1, -0.05) is 54.6 Å². The van der Waals surface area contributed by atoms with Crippen LogP contribution in [0.15, 0.2) is 72.8 Å². The summed E-state index contributed by atoms with van der Waals surface area (Å²) in [5.74, 6) is -0.423. The Hall–Kier alpha value is -3.44. The van der Waals surface area contributed by atoms with Gasteiger partial charge in [0.25, 0.3) is 5.91 Å². The third-order valence-corrected chi connectivity index (χ3v) is 5.65. The molecule has 0 aliphatic carbocycles. The molecular formula is C25H23NO4. The van der Waals surface area contributed by atoms with Crippen LogP contribution in [-0.4, -0.2) is 23.9 Å². The zero-order valence-electron chi connectivity index (χ0n) is 17.0. The molecule has 3 aromatic rings. The number of methoxy groups -OCH3 is 1. The summed E-state index contributed by atoms with van der Waals surface area (Å²) in [6, 6.07) is 21.7. The minimum absolute atomic E-state index is 0.327. The van der Waals surface area contributed by atoms with Gasteiger partial charge in [-0.2, -0.15) is 0 Å². The van der Waals surface area contributed by atoms with E-state index in [-0.39, 0.29) is 12.2 Å². The Bertz CT molecular complexity index is 1120. The van der Waals surface area contributed by atoms with Crippen LogP contribution in [0.5, 0.6) is 5.75 Å². The number of hydrogen-bond donors (Lipinski definition) is 1. The van der Waals surface area contributed by atoms with Gasteiger partial charge in [-0.05, 0) is 36.2 Å². The average molecular weight is 401 g/mol. The van der Waals surface area contributed by atoms with Crippen molar-refractivity contribution in [3.05, 3.63) is 95.1 Å². The lowest BCUT2D eigenvalue weighted by Crippen LogP contribution is -2.41. The Labute approximate surface area is 175 Å². The van der Waals surface area contributed by atoms with Crippen LogP contribution >= 0.6 is 0 Å². The smallest absolute Gasteiger partial charge is 0.264 e. The molecule has 4 rings (SSSR count). The van der Waals surface area contributed by atoms with Crippen LogP contribution in [0.4, 0.5) is 5.69 Å². The van der Waals surface area contributed by atoms with Gasteiger partial charge < -0.3 is 14.7 Å². The number of rotatable bonds is 6. The van der Waals surface area contributed by atoms with E-state index in [1.54, 1.807) is 47.4 Å². The average Bonchev–Trinajstić information content (AvgIpc) is 2.97. The highest BCUT2D eigenvalue weighted by Gasteiger charge is 2.51. The number of carbonyl (C=O) groups is 2. The zero-order chi connectivity index (χ0) is 21.3. The van der Waals surface area contributed by atoms with E-state index in [1.807, 2.05) is 37.3 Å². The predicted molar refractivity (Wildman–Crippen MR) is 115 cm³/mol. The summed E-state index contributed by atoms with van der Waals surface area (Å²) in [5.41, 5.74) is 1.55. The van der Waals surface area contributed by atoms with Crippen molar-refractivity contribution >= 4 is 17.4 Å². The van der Waals surface area contributed by atoms with Crippen LogP contribution in [0, 0.1) is 6.92 Å². The Morgan fingerprint density at radius 1 is 1.00 bits per heavy atom. The molecule has 1 N–H and O–H groups in total. The van der Waals surface area contributed by atoms with Crippen molar-refractivity contribution in [2.45, 2.75) is 25.5 Å². The van der Waals surface area contributed by atoms with Crippen molar-refractivity contribution in [2.24, 2.45) is 0 Å². The van der Waals surface area contributed by atoms with E-state index in [4.69, 9.17) is 4.74 Å². The number of ether oxygens (including phenoxy) is 1. The number of aryl methyl sites for hydroxylation is 1. The number of ketones is 1. The van der Waals surface area contributed by atoms with Crippen LogP contribution < -0.4 is 9.64 Å². The van der Waals surface area contributed by atoms with E-state index in [2.05, 4.69) is 0 Å².